The van der Waals surface area contributed by atoms with Crippen molar-refractivity contribution in [2.45, 2.75) is 53.3 Å². The number of rotatable bonds is 2. The van der Waals surface area contributed by atoms with E-state index in [9.17, 15) is 0 Å². The van der Waals surface area contributed by atoms with E-state index in [0.717, 1.165) is 17.8 Å². The maximum absolute atomic E-state index is 2.60. The monoisotopic (exact) mass is 210 g/mol. The van der Waals surface area contributed by atoms with E-state index in [4.69, 9.17) is 0 Å². The molecule has 0 aromatic heterocycles. The Morgan fingerprint density at radius 2 is 1.79 bits per heavy atom. The second-order valence-electron chi connectivity index (χ2n) is 6.28. The van der Waals surface area contributed by atoms with Gasteiger partial charge in [0.15, 0.2) is 0 Å². The maximum Gasteiger partial charge on any atom is 0.0724 e. The molecule has 0 aromatic carbocycles. The Morgan fingerprint density at radius 1 is 1.21 bits per heavy atom. The van der Waals surface area contributed by atoms with Crippen molar-refractivity contribution in [3.05, 3.63) is 11.3 Å². The van der Waals surface area contributed by atoms with Crippen molar-refractivity contribution >= 4 is 8.07 Å². The molecule has 0 N–H and O–H groups in total. The Bertz CT molecular complexity index is 220. The predicted octanol–water partition coefficient (Wildman–Crippen LogP) is 4.49. The van der Waals surface area contributed by atoms with Crippen LogP contribution in [-0.2, 0) is 0 Å². The highest BCUT2D eigenvalue weighted by Gasteiger charge is 2.31. The molecule has 1 aliphatic rings. The maximum atomic E-state index is 2.60. The van der Waals surface area contributed by atoms with Gasteiger partial charge in [0.05, 0.1) is 8.07 Å². The first-order chi connectivity index (χ1) is 6.32. The smallest absolute Gasteiger partial charge is 0.0724 e. The van der Waals surface area contributed by atoms with Crippen molar-refractivity contribution in [3.63, 3.8) is 0 Å². The van der Waals surface area contributed by atoms with Crippen LogP contribution in [0.4, 0.5) is 0 Å². The van der Waals surface area contributed by atoms with Gasteiger partial charge in [-0.2, -0.15) is 0 Å². The molecule has 0 saturated carbocycles. The summed E-state index contributed by atoms with van der Waals surface area (Å²) in [5.41, 5.74) is 0. The van der Waals surface area contributed by atoms with Crippen molar-refractivity contribution in [3.8, 4) is 0 Å². The molecule has 0 aliphatic heterocycles. The van der Waals surface area contributed by atoms with Gasteiger partial charge in [-0.15, -0.1) is 0 Å². The van der Waals surface area contributed by atoms with Crippen LogP contribution in [0.3, 0.4) is 0 Å². The second-order valence-corrected chi connectivity index (χ2v) is 11.4. The highest BCUT2D eigenvalue weighted by atomic mass is 28.3. The lowest BCUT2D eigenvalue weighted by atomic mass is 9.83. The Labute approximate surface area is 90.8 Å². The van der Waals surface area contributed by atoms with Gasteiger partial charge in [-0.25, -0.2) is 0 Å². The van der Waals surface area contributed by atoms with E-state index in [1.54, 1.807) is 0 Å². The Balaban J connectivity index is 2.93. The molecule has 0 unspecified atom stereocenters. The summed E-state index contributed by atoms with van der Waals surface area (Å²) in [4.78, 5) is 0. The van der Waals surface area contributed by atoms with Gasteiger partial charge in [0.1, 0.15) is 0 Å². The quantitative estimate of drug-likeness (QED) is 0.589. The second kappa shape index (κ2) is 4.22. The van der Waals surface area contributed by atoms with Crippen molar-refractivity contribution in [2.24, 2.45) is 17.8 Å². The molecule has 2 atom stereocenters. The van der Waals surface area contributed by atoms with E-state index in [2.05, 4.69) is 46.5 Å². The lowest BCUT2D eigenvalue weighted by Gasteiger charge is -2.36. The Kier molecular flexibility index (Phi) is 3.62. The summed E-state index contributed by atoms with van der Waals surface area (Å²) in [6.07, 6.45) is 5.42. The minimum absolute atomic E-state index is 0.826. The van der Waals surface area contributed by atoms with Crippen LogP contribution in [0.2, 0.25) is 19.6 Å². The topological polar surface area (TPSA) is 0 Å². The van der Waals surface area contributed by atoms with Crippen LogP contribution in [0.25, 0.3) is 0 Å². The van der Waals surface area contributed by atoms with Gasteiger partial charge in [0.25, 0.3) is 0 Å². The minimum atomic E-state index is -1.06. The van der Waals surface area contributed by atoms with Gasteiger partial charge in [-0.1, -0.05) is 51.7 Å². The first kappa shape index (κ1) is 12.0. The van der Waals surface area contributed by atoms with E-state index in [1.807, 2.05) is 5.20 Å². The van der Waals surface area contributed by atoms with Gasteiger partial charge in [0, 0.05) is 0 Å². The normalized spacial score (nSPS) is 29.2. The molecule has 0 heterocycles. The largest absolute Gasteiger partial charge is 0.0860 e. The fraction of sp³-hybridized carbons (Fsp3) is 0.846. The van der Waals surface area contributed by atoms with E-state index < -0.39 is 8.07 Å². The van der Waals surface area contributed by atoms with Crippen LogP contribution in [0.1, 0.15) is 33.6 Å². The van der Waals surface area contributed by atoms with Gasteiger partial charge in [0.2, 0.25) is 0 Å². The number of hydrogen-bond acceptors (Lipinski definition) is 0. The van der Waals surface area contributed by atoms with Crippen LogP contribution in [0, 0.1) is 17.8 Å². The van der Waals surface area contributed by atoms with Crippen LogP contribution in [-0.4, -0.2) is 8.07 Å². The third-order valence-electron chi connectivity index (χ3n) is 3.47. The lowest BCUT2D eigenvalue weighted by Crippen LogP contribution is -2.34. The summed E-state index contributed by atoms with van der Waals surface area (Å²) in [5.74, 6) is 2.55. The van der Waals surface area contributed by atoms with E-state index in [-0.39, 0.29) is 0 Å². The third kappa shape index (κ3) is 2.72. The molecule has 1 aliphatic carbocycles. The van der Waals surface area contributed by atoms with Crippen molar-refractivity contribution < 1.29 is 0 Å². The summed E-state index contributed by atoms with van der Waals surface area (Å²) in [5, 5.41) is 1.84. The molecular weight excluding hydrogens is 184 g/mol. The number of hydrogen-bond donors (Lipinski definition) is 0. The van der Waals surface area contributed by atoms with Crippen LogP contribution < -0.4 is 0 Å². The van der Waals surface area contributed by atoms with Gasteiger partial charge in [-0.3, -0.25) is 0 Å². The molecule has 0 fully saturated rings. The fourth-order valence-electron chi connectivity index (χ4n) is 2.61. The Hall–Kier alpha value is -0.0431. The summed E-state index contributed by atoms with van der Waals surface area (Å²) >= 11 is 0. The standard InChI is InChI=1S/C13H26Si/c1-10(2)12-8-7-11(3)9-13(12)14(4,5)6/h9-12H,7-8H2,1-6H3/t11-,12+/m1/s1. The fourth-order valence-corrected chi connectivity index (χ4v) is 4.98. The van der Waals surface area contributed by atoms with Crippen molar-refractivity contribution in [2.75, 3.05) is 0 Å². The van der Waals surface area contributed by atoms with E-state index in [1.165, 1.54) is 12.8 Å². The highest BCUT2D eigenvalue weighted by molar-refractivity contribution is 6.83. The van der Waals surface area contributed by atoms with Crippen molar-refractivity contribution in [1.82, 2.24) is 0 Å². The van der Waals surface area contributed by atoms with Crippen LogP contribution >= 0.6 is 0 Å². The van der Waals surface area contributed by atoms with Gasteiger partial charge in [-0.05, 0) is 30.6 Å². The lowest BCUT2D eigenvalue weighted by molar-refractivity contribution is 0.373. The molecular formula is C13H26Si. The van der Waals surface area contributed by atoms with Gasteiger partial charge < -0.3 is 0 Å². The predicted molar refractivity (Wildman–Crippen MR) is 68.2 cm³/mol. The molecule has 0 aromatic rings. The molecule has 0 radical (unpaired) electrons. The van der Waals surface area contributed by atoms with E-state index in [0.29, 0.717) is 0 Å². The zero-order valence-electron chi connectivity index (χ0n) is 10.7. The summed E-state index contributed by atoms with van der Waals surface area (Å²) in [6.45, 7) is 14.6. The third-order valence-corrected chi connectivity index (χ3v) is 5.74. The molecule has 14 heavy (non-hydrogen) atoms. The average Bonchev–Trinajstić information content (AvgIpc) is 2.01. The molecule has 0 bridgehead atoms. The average molecular weight is 210 g/mol. The zero-order valence-corrected chi connectivity index (χ0v) is 11.7. The molecule has 1 heteroatoms. The van der Waals surface area contributed by atoms with E-state index >= 15 is 0 Å². The number of allylic oxidation sites excluding steroid dienone is 2. The molecule has 0 nitrogen and oxygen atoms in total. The minimum Gasteiger partial charge on any atom is -0.0860 e. The zero-order chi connectivity index (χ0) is 10.9. The van der Waals surface area contributed by atoms with Gasteiger partial charge >= 0.3 is 0 Å². The van der Waals surface area contributed by atoms with Crippen LogP contribution in [0.15, 0.2) is 11.3 Å². The molecule has 1 rings (SSSR count). The molecule has 0 saturated heterocycles. The molecule has 0 amide bonds. The summed E-state index contributed by atoms with van der Waals surface area (Å²) < 4.78 is 0. The highest BCUT2D eigenvalue weighted by Crippen LogP contribution is 2.38. The molecule has 0 spiro atoms. The van der Waals surface area contributed by atoms with Crippen molar-refractivity contribution in [1.29, 1.82) is 0 Å². The Morgan fingerprint density at radius 3 is 2.21 bits per heavy atom. The van der Waals surface area contributed by atoms with Crippen LogP contribution in [0.5, 0.6) is 0 Å². The molecule has 82 valence electrons. The summed E-state index contributed by atoms with van der Waals surface area (Å²) in [6, 6.07) is 0. The first-order valence-corrected chi connectivity index (χ1v) is 9.54. The first-order valence-electron chi connectivity index (χ1n) is 6.04. The SMILES string of the molecule is CC(C)[C@@H]1CC[C@@H](C)C=C1[Si](C)(C)C. The summed E-state index contributed by atoms with van der Waals surface area (Å²) in [7, 11) is -1.06.